The molecule has 0 saturated carbocycles. The first-order valence-electron chi connectivity index (χ1n) is 9.64. The van der Waals surface area contributed by atoms with Crippen LogP contribution in [0.2, 0.25) is 5.02 Å². The lowest BCUT2D eigenvalue weighted by Gasteiger charge is -2.14. The molecule has 1 amide bonds. The van der Waals surface area contributed by atoms with Gasteiger partial charge in [0.25, 0.3) is 5.91 Å². The Morgan fingerprint density at radius 3 is 2.45 bits per heavy atom. The fourth-order valence-electron chi connectivity index (χ4n) is 3.13. The van der Waals surface area contributed by atoms with E-state index in [4.69, 9.17) is 33.3 Å². The van der Waals surface area contributed by atoms with Crippen LogP contribution in [0.1, 0.15) is 11.1 Å². The number of ether oxygens (including phenoxy) is 2. The Morgan fingerprint density at radius 2 is 1.79 bits per heavy atom. The molecule has 0 bridgehead atoms. The normalized spacial score (nSPS) is 14.8. The molecule has 0 N–H and O–H groups in total. The minimum atomic E-state index is -0.162. The zero-order valence-corrected chi connectivity index (χ0v) is 22.7. The molecule has 33 heavy (non-hydrogen) atoms. The summed E-state index contributed by atoms with van der Waals surface area (Å²) in [6, 6.07) is 18.6. The van der Waals surface area contributed by atoms with E-state index in [-0.39, 0.29) is 5.91 Å². The number of carbonyl (C=O) groups is 1. The van der Waals surface area contributed by atoms with E-state index in [1.807, 2.05) is 60.7 Å². The van der Waals surface area contributed by atoms with Crippen LogP contribution < -0.4 is 14.4 Å². The van der Waals surface area contributed by atoms with Gasteiger partial charge in [-0.15, -0.1) is 0 Å². The van der Waals surface area contributed by atoms with Gasteiger partial charge in [-0.2, -0.15) is 0 Å². The molecule has 1 aliphatic rings. The van der Waals surface area contributed by atoms with E-state index in [9.17, 15) is 4.79 Å². The summed E-state index contributed by atoms with van der Waals surface area (Å²) in [5.74, 6) is 0.963. The number of amides is 1. The number of thiocarbonyl (C=S) groups is 1. The van der Waals surface area contributed by atoms with Crippen LogP contribution in [0.15, 0.2) is 74.5 Å². The van der Waals surface area contributed by atoms with E-state index in [1.54, 1.807) is 13.2 Å². The van der Waals surface area contributed by atoms with Crippen molar-refractivity contribution >= 4 is 89.4 Å². The van der Waals surface area contributed by atoms with E-state index in [1.165, 1.54) is 16.7 Å². The minimum absolute atomic E-state index is 0.162. The summed E-state index contributed by atoms with van der Waals surface area (Å²) in [5, 5.41) is 0.674. The highest BCUT2D eigenvalue weighted by atomic mass is 79.9. The van der Waals surface area contributed by atoms with Crippen LogP contribution >= 0.6 is 67.4 Å². The first-order chi connectivity index (χ1) is 15.9. The topological polar surface area (TPSA) is 38.8 Å². The molecule has 3 aromatic carbocycles. The molecule has 3 aromatic rings. The Hall–Kier alpha value is -1.84. The third kappa shape index (κ3) is 5.63. The predicted molar refractivity (Wildman–Crippen MR) is 146 cm³/mol. The summed E-state index contributed by atoms with van der Waals surface area (Å²) in [5.41, 5.74) is 2.50. The molecule has 168 valence electrons. The SMILES string of the molecule is COc1cc(/C=C2/SC(=S)N(c3ccc(Br)cc3)C2=O)cc(Br)c1OCc1ccc(Cl)cc1. The van der Waals surface area contributed by atoms with Gasteiger partial charge in [0.1, 0.15) is 6.61 Å². The fourth-order valence-corrected chi connectivity index (χ4v) is 5.39. The zero-order chi connectivity index (χ0) is 23.5. The van der Waals surface area contributed by atoms with Gasteiger partial charge in [0, 0.05) is 9.50 Å². The van der Waals surface area contributed by atoms with Gasteiger partial charge in [0.05, 0.1) is 22.2 Å². The fraction of sp³-hybridized carbons (Fsp3) is 0.0833. The molecule has 0 unspecified atom stereocenters. The third-order valence-electron chi connectivity index (χ3n) is 4.72. The molecule has 0 aliphatic carbocycles. The molecule has 0 atom stereocenters. The van der Waals surface area contributed by atoms with Crippen molar-refractivity contribution in [1.29, 1.82) is 0 Å². The Balaban J connectivity index is 1.57. The molecule has 1 aliphatic heterocycles. The van der Waals surface area contributed by atoms with Crippen molar-refractivity contribution in [3.05, 3.63) is 90.7 Å². The number of benzene rings is 3. The molecule has 4 nitrogen and oxygen atoms in total. The second kappa shape index (κ2) is 10.6. The van der Waals surface area contributed by atoms with Crippen LogP contribution in [0.5, 0.6) is 11.5 Å². The molecule has 0 spiro atoms. The molecule has 1 saturated heterocycles. The lowest BCUT2D eigenvalue weighted by molar-refractivity contribution is -0.113. The minimum Gasteiger partial charge on any atom is -0.493 e. The van der Waals surface area contributed by atoms with E-state index < -0.39 is 0 Å². The largest absolute Gasteiger partial charge is 0.493 e. The summed E-state index contributed by atoms with van der Waals surface area (Å²) in [4.78, 5) is 15.1. The third-order valence-corrected chi connectivity index (χ3v) is 7.40. The maximum Gasteiger partial charge on any atom is 0.270 e. The lowest BCUT2D eigenvalue weighted by atomic mass is 10.1. The van der Waals surface area contributed by atoms with Crippen molar-refractivity contribution in [1.82, 2.24) is 0 Å². The van der Waals surface area contributed by atoms with Crippen LogP contribution in [0.25, 0.3) is 6.08 Å². The Labute approximate surface area is 223 Å². The maximum atomic E-state index is 13.1. The summed E-state index contributed by atoms with van der Waals surface area (Å²) >= 11 is 19.7. The second-order valence-electron chi connectivity index (χ2n) is 6.94. The number of anilines is 1. The number of hydrogen-bond donors (Lipinski definition) is 0. The van der Waals surface area contributed by atoms with Gasteiger partial charge >= 0.3 is 0 Å². The molecule has 1 fully saturated rings. The van der Waals surface area contributed by atoms with Crippen molar-refractivity contribution in [2.24, 2.45) is 0 Å². The van der Waals surface area contributed by atoms with Crippen LogP contribution in [0.4, 0.5) is 5.69 Å². The van der Waals surface area contributed by atoms with Gasteiger partial charge in [-0.05, 0) is 81.7 Å². The van der Waals surface area contributed by atoms with Gasteiger partial charge in [-0.3, -0.25) is 9.69 Å². The first-order valence-corrected chi connectivity index (χ1v) is 12.8. The number of rotatable bonds is 6. The van der Waals surface area contributed by atoms with Crippen molar-refractivity contribution in [3.63, 3.8) is 0 Å². The van der Waals surface area contributed by atoms with Gasteiger partial charge in [0.15, 0.2) is 15.8 Å². The van der Waals surface area contributed by atoms with E-state index >= 15 is 0 Å². The summed E-state index contributed by atoms with van der Waals surface area (Å²) < 4.78 is 13.7. The molecule has 0 aromatic heterocycles. The Kier molecular flexibility index (Phi) is 7.81. The average molecular weight is 626 g/mol. The molecule has 4 rings (SSSR count). The second-order valence-corrected chi connectivity index (χ2v) is 10.8. The van der Waals surface area contributed by atoms with Crippen molar-refractivity contribution in [3.8, 4) is 11.5 Å². The summed E-state index contributed by atoms with van der Waals surface area (Å²) in [6.45, 7) is 0.358. The van der Waals surface area contributed by atoms with Crippen LogP contribution in [0, 0.1) is 0 Å². The first kappa shape index (κ1) is 24.3. The summed E-state index contributed by atoms with van der Waals surface area (Å²) in [7, 11) is 1.58. The standard InChI is InChI=1S/C24H16Br2ClNO3S2/c1-30-20-11-15(10-19(26)22(20)31-13-14-2-6-17(27)7-3-14)12-21-23(29)28(24(32)33-21)18-8-4-16(25)5-9-18/h2-12H,13H2,1H3/b21-12+. The highest BCUT2D eigenvalue weighted by molar-refractivity contribution is 9.10. The number of hydrogen-bond acceptors (Lipinski definition) is 5. The number of carbonyl (C=O) groups excluding carboxylic acids is 1. The Morgan fingerprint density at radius 1 is 1.09 bits per heavy atom. The van der Waals surface area contributed by atoms with Crippen molar-refractivity contribution in [2.45, 2.75) is 6.61 Å². The molecule has 9 heteroatoms. The van der Waals surface area contributed by atoms with Crippen molar-refractivity contribution in [2.75, 3.05) is 12.0 Å². The monoisotopic (exact) mass is 623 g/mol. The van der Waals surface area contributed by atoms with E-state index in [2.05, 4.69) is 31.9 Å². The van der Waals surface area contributed by atoms with Crippen LogP contribution in [-0.2, 0) is 11.4 Å². The van der Waals surface area contributed by atoms with Gasteiger partial charge in [-0.1, -0.05) is 63.6 Å². The molecule has 1 heterocycles. The van der Waals surface area contributed by atoms with Gasteiger partial charge < -0.3 is 9.47 Å². The number of halogens is 3. The number of nitrogens with zero attached hydrogens (tertiary/aromatic N) is 1. The number of methoxy groups -OCH3 is 1. The highest BCUT2D eigenvalue weighted by Gasteiger charge is 2.33. The van der Waals surface area contributed by atoms with Gasteiger partial charge in [-0.25, -0.2) is 0 Å². The van der Waals surface area contributed by atoms with Gasteiger partial charge in [0.2, 0.25) is 0 Å². The average Bonchev–Trinajstić information content (AvgIpc) is 3.07. The summed E-state index contributed by atoms with van der Waals surface area (Å²) in [6.07, 6.45) is 1.80. The zero-order valence-electron chi connectivity index (χ0n) is 17.2. The number of thioether (sulfide) groups is 1. The molecule has 0 radical (unpaired) electrons. The van der Waals surface area contributed by atoms with Crippen molar-refractivity contribution < 1.29 is 14.3 Å². The molecular weight excluding hydrogens is 610 g/mol. The predicted octanol–water partition coefficient (Wildman–Crippen LogP) is 7.86. The Bertz CT molecular complexity index is 1250. The highest BCUT2D eigenvalue weighted by Crippen LogP contribution is 2.40. The molecular formula is C24H16Br2ClNO3S2. The van der Waals surface area contributed by atoms with E-state index in [0.29, 0.717) is 36.8 Å². The maximum absolute atomic E-state index is 13.1. The lowest BCUT2D eigenvalue weighted by Crippen LogP contribution is -2.27. The smallest absolute Gasteiger partial charge is 0.270 e. The van der Waals surface area contributed by atoms with Crippen LogP contribution in [0.3, 0.4) is 0 Å². The quantitative estimate of drug-likeness (QED) is 0.206. The van der Waals surface area contributed by atoms with E-state index in [0.717, 1.165) is 21.3 Å². The van der Waals surface area contributed by atoms with Crippen LogP contribution in [-0.4, -0.2) is 17.3 Å².